The maximum absolute atomic E-state index is 13.1. The zero-order valence-corrected chi connectivity index (χ0v) is 65.3. The lowest BCUT2D eigenvalue weighted by Crippen LogP contribution is -2.30. The lowest BCUT2D eigenvalue weighted by atomic mass is 10.1. The number of esters is 4. The molecule has 0 saturated heterocycles. The van der Waals surface area contributed by atoms with Gasteiger partial charge >= 0.3 is 39.5 Å². The highest BCUT2D eigenvalue weighted by molar-refractivity contribution is 7.47. The van der Waals surface area contributed by atoms with Crippen LogP contribution in [0.3, 0.4) is 0 Å². The van der Waals surface area contributed by atoms with Gasteiger partial charge in [0, 0.05) is 25.7 Å². The molecule has 0 fully saturated rings. The first-order valence-corrected chi connectivity index (χ1v) is 42.1. The van der Waals surface area contributed by atoms with Crippen LogP contribution < -0.4 is 0 Å². The fourth-order valence-corrected chi connectivity index (χ4v) is 11.4. The molecule has 3 N–H and O–H groups in total. The number of aliphatic hydroxyl groups is 1. The summed E-state index contributed by atoms with van der Waals surface area (Å²) in [4.78, 5) is 72.9. The van der Waals surface area contributed by atoms with Crippen LogP contribution in [0.1, 0.15) is 297 Å². The molecule has 17 nitrogen and oxygen atoms in total. The van der Waals surface area contributed by atoms with Gasteiger partial charge in [-0.2, -0.15) is 0 Å². The van der Waals surface area contributed by atoms with Gasteiger partial charge in [-0.3, -0.25) is 37.3 Å². The summed E-state index contributed by atoms with van der Waals surface area (Å²) in [6, 6.07) is 0. The SMILES string of the molecule is CC/C=C\C/C=C\C/C=C\C/C=C\C/C=C\CCCCCC(=O)OCC(COP(=O)(O)OCC(O)COP(=O)(O)OCC(COC(=O)CCCCCC/C=C\C/C=C\C/C=C\C/C=C\CC)OC(=O)CCCCCCC/C=C\CCCC)OC(=O)CCCCCCC/C=C\C/C=C\CCCCC. The van der Waals surface area contributed by atoms with Gasteiger partial charge in [0.05, 0.1) is 26.4 Å². The van der Waals surface area contributed by atoms with Gasteiger partial charge in [-0.1, -0.05) is 257 Å². The first-order valence-electron chi connectivity index (χ1n) is 39.1. The standard InChI is InChI=1S/C83H138O17P2/c1-5-9-13-17-21-25-29-32-35-37-38-40-43-45-49-52-56-60-64-68-81(86)94-74-79(100-83(88)70-66-62-58-54-50-46-41-34-31-27-23-19-15-11-7-3)76-98-102(91,92)96-72-77(84)71-95-101(89,90)97-75-78(99-82(87)69-65-61-57-53-47-28-24-20-16-12-8-4)73-93-80(85)67-63-59-55-51-48-44-42-39-36-33-30-26-22-18-14-10-6-2/h9-10,13-14,20-27,32-36,38,40-42,44-45,49,77-79,84H,5-8,11-12,15-19,28-31,37,39,43,46-48,50-76H2,1-4H3,(H,89,90)(H,91,92)/b13-9-,14-10-,24-20-,25-21-,26-22-,27-23-,35-32-,36-33-,40-38-,41-34-,44-42-,49-45-. The van der Waals surface area contributed by atoms with E-state index in [0.29, 0.717) is 25.7 Å². The van der Waals surface area contributed by atoms with Gasteiger partial charge in [-0.15, -0.1) is 0 Å². The van der Waals surface area contributed by atoms with Crippen molar-refractivity contribution in [1.29, 1.82) is 0 Å². The number of allylic oxidation sites excluding steroid dienone is 24. The molecule has 0 aliphatic rings. The fraction of sp³-hybridized carbons (Fsp3) is 0.663. The second-order valence-electron chi connectivity index (χ2n) is 25.5. The minimum absolute atomic E-state index is 0.0668. The molecule has 582 valence electrons. The Kier molecular flexibility index (Phi) is 70.5. The normalized spacial score (nSPS) is 14.7. The first-order chi connectivity index (χ1) is 49.7. The third-order valence-electron chi connectivity index (χ3n) is 15.8. The highest BCUT2D eigenvalue weighted by atomic mass is 31.2. The molecule has 0 aliphatic heterocycles. The summed E-state index contributed by atoms with van der Waals surface area (Å²) in [7, 11) is -9.98. The lowest BCUT2D eigenvalue weighted by molar-refractivity contribution is -0.161. The summed E-state index contributed by atoms with van der Waals surface area (Å²) in [5.41, 5.74) is 0. The monoisotopic (exact) mass is 1470 g/mol. The third-order valence-corrected chi connectivity index (χ3v) is 17.7. The molecule has 0 aromatic heterocycles. The van der Waals surface area contributed by atoms with E-state index in [0.717, 1.165) is 186 Å². The largest absolute Gasteiger partial charge is 0.472 e. The number of unbranched alkanes of at least 4 members (excludes halogenated alkanes) is 22. The molecule has 5 atom stereocenters. The van der Waals surface area contributed by atoms with E-state index in [1.54, 1.807) is 0 Å². The Bertz CT molecular complexity index is 2510. The van der Waals surface area contributed by atoms with E-state index in [2.05, 4.69) is 174 Å². The molecular formula is C83H138O17P2. The molecule has 0 aliphatic carbocycles. The zero-order chi connectivity index (χ0) is 74.6. The highest BCUT2D eigenvalue weighted by Crippen LogP contribution is 2.45. The second kappa shape index (κ2) is 74.2. The number of aliphatic hydroxyl groups excluding tert-OH is 1. The van der Waals surface area contributed by atoms with Crippen LogP contribution in [0.15, 0.2) is 146 Å². The van der Waals surface area contributed by atoms with Crippen LogP contribution in [0, 0.1) is 0 Å². The number of carbonyl (C=O) groups excluding carboxylic acids is 4. The van der Waals surface area contributed by atoms with E-state index in [4.69, 9.17) is 37.0 Å². The molecule has 0 rings (SSSR count). The van der Waals surface area contributed by atoms with Crippen molar-refractivity contribution in [3.8, 4) is 0 Å². The van der Waals surface area contributed by atoms with Gasteiger partial charge < -0.3 is 33.8 Å². The van der Waals surface area contributed by atoms with Crippen molar-refractivity contribution < 1.29 is 80.2 Å². The van der Waals surface area contributed by atoms with Crippen molar-refractivity contribution in [1.82, 2.24) is 0 Å². The summed E-state index contributed by atoms with van der Waals surface area (Å²) in [5.74, 6) is -2.27. The van der Waals surface area contributed by atoms with Gasteiger partial charge in [-0.25, -0.2) is 9.13 Å². The number of ether oxygens (including phenoxy) is 4. The molecule has 0 heterocycles. The van der Waals surface area contributed by atoms with Crippen LogP contribution >= 0.6 is 15.6 Å². The van der Waals surface area contributed by atoms with Crippen molar-refractivity contribution in [2.24, 2.45) is 0 Å². The number of hydrogen-bond donors (Lipinski definition) is 3. The van der Waals surface area contributed by atoms with Gasteiger partial charge in [0.25, 0.3) is 0 Å². The van der Waals surface area contributed by atoms with E-state index in [1.165, 1.54) is 32.1 Å². The Hall–Kier alpha value is -5.06. The number of hydrogen-bond acceptors (Lipinski definition) is 15. The number of phosphoric acid groups is 2. The maximum Gasteiger partial charge on any atom is 0.472 e. The van der Waals surface area contributed by atoms with Crippen molar-refractivity contribution in [3.63, 3.8) is 0 Å². The van der Waals surface area contributed by atoms with Gasteiger partial charge in [0.2, 0.25) is 0 Å². The Morgan fingerprint density at radius 1 is 0.284 bits per heavy atom. The zero-order valence-electron chi connectivity index (χ0n) is 63.5. The van der Waals surface area contributed by atoms with Gasteiger partial charge in [0.15, 0.2) is 12.2 Å². The predicted octanol–water partition coefficient (Wildman–Crippen LogP) is 22.7. The van der Waals surface area contributed by atoms with Crippen LogP contribution in [-0.2, 0) is 65.4 Å². The average Bonchev–Trinajstić information content (AvgIpc) is 0.939. The highest BCUT2D eigenvalue weighted by Gasteiger charge is 2.30. The summed E-state index contributed by atoms with van der Waals surface area (Å²) < 4.78 is 68.5. The topological polar surface area (TPSA) is 237 Å². The lowest BCUT2D eigenvalue weighted by Gasteiger charge is -2.21. The minimum Gasteiger partial charge on any atom is -0.462 e. The Morgan fingerprint density at radius 2 is 0.520 bits per heavy atom. The molecule has 0 aromatic rings. The van der Waals surface area contributed by atoms with Crippen LogP contribution in [0.25, 0.3) is 0 Å². The smallest absolute Gasteiger partial charge is 0.462 e. The molecule has 0 spiro atoms. The number of carbonyl (C=O) groups is 4. The Morgan fingerprint density at radius 3 is 0.833 bits per heavy atom. The molecule has 5 unspecified atom stereocenters. The van der Waals surface area contributed by atoms with Crippen molar-refractivity contribution in [2.45, 2.75) is 316 Å². The molecular weight excluding hydrogens is 1330 g/mol. The van der Waals surface area contributed by atoms with Crippen LogP contribution in [0.5, 0.6) is 0 Å². The molecule has 0 aromatic carbocycles. The van der Waals surface area contributed by atoms with Crippen molar-refractivity contribution >= 4 is 39.5 Å². The Balaban J connectivity index is 5.40. The molecule has 0 saturated carbocycles. The summed E-state index contributed by atoms with van der Waals surface area (Å²) in [6.45, 7) is 4.48. The van der Waals surface area contributed by atoms with Crippen molar-refractivity contribution in [3.05, 3.63) is 146 Å². The predicted molar refractivity (Wildman–Crippen MR) is 417 cm³/mol. The van der Waals surface area contributed by atoms with Crippen molar-refractivity contribution in [2.75, 3.05) is 39.6 Å². The number of phosphoric ester groups is 2. The van der Waals surface area contributed by atoms with Gasteiger partial charge in [-0.05, 0) is 161 Å². The average molecular weight is 1470 g/mol. The first kappa shape index (κ1) is 96.9. The van der Waals surface area contributed by atoms with E-state index in [-0.39, 0.29) is 25.7 Å². The fourth-order valence-electron chi connectivity index (χ4n) is 9.84. The quantitative estimate of drug-likeness (QED) is 0.0169. The van der Waals surface area contributed by atoms with Gasteiger partial charge in [0.1, 0.15) is 19.3 Å². The summed E-state index contributed by atoms with van der Waals surface area (Å²) >= 11 is 0. The maximum atomic E-state index is 13.1. The van der Waals surface area contributed by atoms with Crippen LogP contribution in [0.2, 0.25) is 0 Å². The van der Waals surface area contributed by atoms with E-state index in [9.17, 15) is 43.2 Å². The van der Waals surface area contributed by atoms with Crippen LogP contribution in [-0.4, -0.2) is 96.7 Å². The van der Waals surface area contributed by atoms with E-state index in [1.807, 2.05) is 0 Å². The molecule has 0 bridgehead atoms. The molecule has 19 heteroatoms. The van der Waals surface area contributed by atoms with E-state index < -0.39 is 97.5 Å². The van der Waals surface area contributed by atoms with E-state index >= 15 is 0 Å². The second-order valence-corrected chi connectivity index (χ2v) is 28.4. The van der Waals surface area contributed by atoms with Crippen LogP contribution in [0.4, 0.5) is 0 Å². The molecule has 0 amide bonds. The summed E-state index contributed by atoms with van der Waals surface area (Å²) in [5, 5.41) is 10.6. The molecule has 0 radical (unpaired) electrons. The summed E-state index contributed by atoms with van der Waals surface area (Å²) in [6.07, 6.45) is 84.1. The molecule has 102 heavy (non-hydrogen) atoms. The number of rotatable bonds is 72. The minimum atomic E-state index is -4.99. The third kappa shape index (κ3) is 73.3. The Labute approximate surface area is 617 Å².